The van der Waals surface area contributed by atoms with E-state index in [9.17, 15) is 9.59 Å². The van der Waals surface area contributed by atoms with Crippen molar-refractivity contribution >= 4 is 17.8 Å². The van der Waals surface area contributed by atoms with Gasteiger partial charge in [-0.2, -0.15) is 0 Å². The molecule has 1 fully saturated rings. The Bertz CT molecular complexity index is 395. The van der Waals surface area contributed by atoms with Crippen LogP contribution in [0, 0.1) is 5.92 Å². The van der Waals surface area contributed by atoms with Crippen LogP contribution in [0.15, 0.2) is 4.99 Å². The van der Waals surface area contributed by atoms with E-state index in [2.05, 4.69) is 15.2 Å². The van der Waals surface area contributed by atoms with E-state index in [1.165, 1.54) is 4.90 Å². The topological polar surface area (TPSA) is 91.0 Å². The van der Waals surface area contributed by atoms with Crippen LogP contribution in [0.3, 0.4) is 0 Å². The number of likely N-dealkylation sites (tertiary alicyclic amines) is 1. The minimum Gasteiger partial charge on any atom is -0.370 e. The molecule has 0 aliphatic carbocycles. The number of hydrogen-bond donors (Lipinski definition) is 2. The summed E-state index contributed by atoms with van der Waals surface area (Å²) in [6, 6.07) is 0. The lowest BCUT2D eigenvalue weighted by atomic mass is 9.95. The number of likely N-dealkylation sites (N-methyl/N-ethyl adjacent to an activating group) is 1. The molecule has 3 N–H and O–H groups in total. The first kappa shape index (κ1) is 17.3. The Balaban J connectivity index is 2.68. The van der Waals surface area contributed by atoms with E-state index < -0.39 is 0 Å². The third-order valence-corrected chi connectivity index (χ3v) is 3.51. The van der Waals surface area contributed by atoms with Crippen LogP contribution in [0.1, 0.15) is 26.2 Å². The summed E-state index contributed by atoms with van der Waals surface area (Å²) in [5.74, 6) is 0.717. The number of primary amides is 1. The summed E-state index contributed by atoms with van der Waals surface area (Å²) in [4.78, 5) is 30.8. The number of guanidine groups is 1. The predicted molar refractivity (Wildman–Crippen MR) is 82.8 cm³/mol. The maximum absolute atomic E-state index is 11.7. The van der Waals surface area contributed by atoms with E-state index in [1.54, 1.807) is 14.1 Å². The van der Waals surface area contributed by atoms with Gasteiger partial charge in [-0.3, -0.25) is 9.59 Å². The first-order valence-electron chi connectivity index (χ1n) is 7.45. The summed E-state index contributed by atoms with van der Waals surface area (Å²) in [5.41, 5.74) is 5.28. The van der Waals surface area contributed by atoms with Gasteiger partial charge in [0.15, 0.2) is 5.96 Å². The molecule has 1 aliphatic heterocycles. The van der Waals surface area contributed by atoms with Gasteiger partial charge in [0.25, 0.3) is 0 Å². The van der Waals surface area contributed by atoms with Crippen molar-refractivity contribution in [3.05, 3.63) is 0 Å². The van der Waals surface area contributed by atoms with E-state index in [1.807, 2.05) is 6.92 Å². The number of piperidine rings is 1. The minimum atomic E-state index is -0.258. The molecule has 1 aliphatic rings. The second-order valence-corrected chi connectivity index (χ2v) is 5.58. The van der Waals surface area contributed by atoms with Gasteiger partial charge in [-0.15, -0.1) is 0 Å². The van der Waals surface area contributed by atoms with Crippen LogP contribution in [0.25, 0.3) is 0 Å². The fourth-order valence-electron chi connectivity index (χ4n) is 2.42. The highest BCUT2D eigenvalue weighted by Gasteiger charge is 2.23. The highest BCUT2D eigenvalue weighted by Crippen LogP contribution is 2.19. The number of amides is 2. The van der Waals surface area contributed by atoms with Gasteiger partial charge in [0, 0.05) is 40.2 Å². The van der Waals surface area contributed by atoms with Crippen molar-refractivity contribution in [3.63, 3.8) is 0 Å². The van der Waals surface area contributed by atoms with Crippen molar-refractivity contribution in [1.29, 1.82) is 0 Å². The number of nitrogens with one attached hydrogen (secondary N) is 1. The third-order valence-electron chi connectivity index (χ3n) is 3.51. The van der Waals surface area contributed by atoms with Crippen molar-refractivity contribution in [2.75, 3.05) is 40.3 Å². The maximum Gasteiger partial charge on any atom is 0.243 e. The van der Waals surface area contributed by atoms with Crippen LogP contribution in [0.2, 0.25) is 0 Å². The quantitative estimate of drug-likeness (QED) is 0.535. The van der Waals surface area contributed by atoms with Gasteiger partial charge in [-0.1, -0.05) is 0 Å². The highest BCUT2D eigenvalue weighted by molar-refractivity contribution is 5.85. The van der Waals surface area contributed by atoms with Gasteiger partial charge in [0.2, 0.25) is 11.8 Å². The van der Waals surface area contributed by atoms with E-state index in [0.717, 1.165) is 38.4 Å². The van der Waals surface area contributed by atoms with Gasteiger partial charge in [0.1, 0.15) is 6.54 Å². The lowest BCUT2D eigenvalue weighted by Crippen LogP contribution is -2.47. The Morgan fingerprint density at radius 2 is 2.14 bits per heavy atom. The molecule has 0 radical (unpaired) electrons. The van der Waals surface area contributed by atoms with Gasteiger partial charge >= 0.3 is 0 Å². The van der Waals surface area contributed by atoms with Crippen LogP contribution >= 0.6 is 0 Å². The zero-order chi connectivity index (χ0) is 15.8. The summed E-state index contributed by atoms with van der Waals surface area (Å²) in [5, 5.41) is 3.21. The molecule has 1 saturated heterocycles. The second kappa shape index (κ2) is 8.49. The summed E-state index contributed by atoms with van der Waals surface area (Å²) in [6.07, 6.45) is 2.42. The van der Waals surface area contributed by atoms with Crippen LogP contribution in [0.5, 0.6) is 0 Å². The molecule has 0 aromatic carbocycles. The molecule has 0 saturated carbocycles. The standard InChI is InChI=1S/C14H27N5O2/c1-4-16-14(17-9-13(21)18(2)3)19-7-5-6-11(10-19)8-12(15)20/h11H,4-10H2,1-3H3,(H2,15,20)(H,16,17). The Hall–Kier alpha value is -1.79. The lowest BCUT2D eigenvalue weighted by molar-refractivity contribution is -0.127. The number of nitrogens with two attached hydrogens (primary N) is 1. The first-order valence-corrected chi connectivity index (χ1v) is 7.45. The molecular formula is C14H27N5O2. The molecule has 1 atom stereocenters. The molecule has 0 bridgehead atoms. The Morgan fingerprint density at radius 1 is 1.43 bits per heavy atom. The number of carbonyl (C=O) groups is 2. The molecule has 120 valence electrons. The Morgan fingerprint density at radius 3 is 2.71 bits per heavy atom. The number of nitrogens with zero attached hydrogens (tertiary/aromatic N) is 3. The van der Waals surface area contributed by atoms with Crippen LogP contribution in [-0.2, 0) is 9.59 Å². The number of aliphatic imine (C=N–C) groups is 1. The van der Waals surface area contributed by atoms with E-state index in [0.29, 0.717) is 6.42 Å². The fourth-order valence-corrected chi connectivity index (χ4v) is 2.42. The van der Waals surface area contributed by atoms with Gasteiger partial charge in [-0.05, 0) is 25.7 Å². The van der Waals surface area contributed by atoms with Crippen LogP contribution < -0.4 is 11.1 Å². The largest absolute Gasteiger partial charge is 0.370 e. The molecule has 1 unspecified atom stereocenters. The Labute approximate surface area is 126 Å². The monoisotopic (exact) mass is 297 g/mol. The molecule has 1 rings (SSSR count). The normalized spacial score (nSPS) is 19.3. The van der Waals surface area contributed by atoms with Gasteiger partial charge in [-0.25, -0.2) is 4.99 Å². The van der Waals surface area contributed by atoms with Crippen LogP contribution in [0.4, 0.5) is 0 Å². The van der Waals surface area contributed by atoms with Crippen molar-refractivity contribution in [3.8, 4) is 0 Å². The molecule has 2 amide bonds. The van der Waals surface area contributed by atoms with E-state index >= 15 is 0 Å². The van der Waals surface area contributed by atoms with E-state index in [4.69, 9.17) is 5.73 Å². The van der Waals surface area contributed by atoms with Crippen molar-refractivity contribution in [2.45, 2.75) is 26.2 Å². The van der Waals surface area contributed by atoms with E-state index in [-0.39, 0.29) is 24.3 Å². The molecule has 1 heterocycles. The number of carbonyl (C=O) groups excluding carboxylic acids is 2. The molecular weight excluding hydrogens is 270 g/mol. The summed E-state index contributed by atoms with van der Waals surface area (Å²) < 4.78 is 0. The summed E-state index contributed by atoms with van der Waals surface area (Å²) in [6.45, 7) is 4.51. The summed E-state index contributed by atoms with van der Waals surface area (Å²) in [7, 11) is 3.43. The number of rotatable bonds is 5. The molecule has 0 spiro atoms. The fraction of sp³-hybridized carbons (Fsp3) is 0.786. The zero-order valence-electron chi connectivity index (χ0n) is 13.3. The predicted octanol–water partition coefficient (Wildman–Crippen LogP) is -0.372. The summed E-state index contributed by atoms with van der Waals surface area (Å²) >= 11 is 0. The molecule has 7 heteroatoms. The maximum atomic E-state index is 11.7. The minimum absolute atomic E-state index is 0.0314. The second-order valence-electron chi connectivity index (χ2n) is 5.58. The average Bonchev–Trinajstić information content (AvgIpc) is 2.42. The van der Waals surface area contributed by atoms with Crippen LogP contribution in [-0.4, -0.2) is 67.8 Å². The lowest BCUT2D eigenvalue weighted by Gasteiger charge is -2.34. The van der Waals surface area contributed by atoms with Crippen molar-refractivity contribution in [1.82, 2.24) is 15.1 Å². The smallest absolute Gasteiger partial charge is 0.243 e. The third kappa shape index (κ3) is 6.01. The number of hydrogen-bond acceptors (Lipinski definition) is 3. The first-order chi connectivity index (χ1) is 9.93. The Kier molecular flexibility index (Phi) is 6.98. The molecule has 0 aromatic heterocycles. The average molecular weight is 297 g/mol. The van der Waals surface area contributed by atoms with Gasteiger partial charge in [0.05, 0.1) is 0 Å². The highest BCUT2D eigenvalue weighted by atomic mass is 16.2. The van der Waals surface area contributed by atoms with Crippen molar-refractivity contribution in [2.24, 2.45) is 16.6 Å². The molecule has 0 aromatic rings. The van der Waals surface area contributed by atoms with Crippen molar-refractivity contribution < 1.29 is 9.59 Å². The molecule has 7 nitrogen and oxygen atoms in total. The SMILES string of the molecule is CCNC(=NCC(=O)N(C)C)N1CCCC(CC(N)=O)C1. The molecule has 21 heavy (non-hydrogen) atoms. The van der Waals surface area contributed by atoms with Gasteiger partial charge < -0.3 is 20.9 Å². The zero-order valence-corrected chi connectivity index (χ0v) is 13.3.